The second-order valence-electron chi connectivity index (χ2n) is 11.0. The van der Waals surface area contributed by atoms with Crippen molar-refractivity contribution in [2.24, 2.45) is 0 Å². The molecule has 2 aliphatic rings. The molecule has 0 amide bonds. The van der Waals surface area contributed by atoms with Gasteiger partial charge in [0.25, 0.3) is 0 Å². The first-order chi connectivity index (χ1) is 16.4. The van der Waals surface area contributed by atoms with Gasteiger partial charge in [0.1, 0.15) is 11.4 Å². The SMILES string of the molecule is CC(c1cc(Cl)cc(Cl)c1)N1CCN(Cc2cc(F)c(C(=O)OC(C)(C)C)cc2C2CC2)C[C@H]1C. The Morgan fingerprint density at radius 3 is 2.34 bits per heavy atom. The van der Waals surface area contributed by atoms with Gasteiger partial charge >= 0.3 is 5.97 Å². The van der Waals surface area contributed by atoms with E-state index in [4.69, 9.17) is 27.9 Å². The van der Waals surface area contributed by atoms with Crippen molar-refractivity contribution in [3.8, 4) is 0 Å². The summed E-state index contributed by atoms with van der Waals surface area (Å²) in [5.74, 6) is -0.698. The van der Waals surface area contributed by atoms with Crippen molar-refractivity contribution in [3.63, 3.8) is 0 Å². The number of hydrogen-bond donors (Lipinski definition) is 0. The molecule has 1 aliphatic carbocycles. The van der Waals surface area contributed by atoms with E-state index in [-0.39, 0.29) is 11.6 Å². The van der Waals surface area contributed by atoms with Gasteiger partial charge < -0.3 is 4.74 Å². The highest BCUT2D eigenvalue weighted by atomic mass is 35.5. The van der Waals surface area contributed by atoms with Crippen molar-refractivity contribution in [1.82, 2.24) is 9.80 Å². The van der Waals surface area contributed by atoms with Crippen molar-refractivity contribution < 1.29 is 13.9 Å². The van der Waals surface area contributed by atoms with E-state index in [1.54, 1.807) is 39.0 Å². The van der Waals surface area contributed by atoms with Gasteiger partial charge in [0, 0.05) is 48.3 Å². The van der Waals surface area contributed by atoms with E-state index in [2.05, 4.69) is 23.6 Å². The third-order valence-corrected chi connectivity index (χ3v) is 7.32. The maximum Gasteiger partial charge on any atom is 0.341 e. The monoisotopic (exact) mass is 520 g/mol. The maximum absolute atomic E-state index is 15.0. The number of halogens is 3. The Hall–Kier alpha value is -1.66. The van der Waals surface area contributed by atoms with Crippen LogP contribution in [0.1, 0.15) is 86.5 Å². The zero-order chi connectivity index (χ0) is 25.5. The molecule has 1 heterocycles. The van der Waals surface area contributed by atoms with Crippen molar-refractivity contribution in [2.45, 2.75) is 77.6 Å². The summed E-state index contributed by atoms with van der Waals surface area (Å²) >= 11 is 12.5. The molecule has 1 unspecified atom stereocenters. The molecule has 0 N–H and O–H groups in total. The molecular formula is C28H35Cl2FN2O2. The molecule has 1 aliphatic heterocycles. The van der Waals surface area contributed by atoms with Crippen molar-refractivity contribution >= 4 is 29.2 Å². The summed E-state index contributed by atoms with van der Waals surface area (Å²) in [5.41, 5.74) is 2.55. The minimum absolute atomic E-state index is 0.0396. The van der Waals surface area contributed by atoms with Gasteiger partial charge in [0.15, 0.2) is 0 Å². The lowest BCUT2D eigenvalue weighted by molar-refractivity contribution is 0.00645. The van der Waals surface area contributed by atoms with Crippen LogP contribution < -0.4 is 0 Å². The molecule has 2 atom stereocenters. The molecule has 2 fully saturated rings. The molecule has 190 valence electrons. The number of rotatable bonds is 6. The minimum Gasteiger partial charge on any atom is -0.456 e. The number of ether oxygens (including phenoxy) is 1. The van der Waals surface area contributed by atoms with Gasteiger partial charge in [0.2, 0.25) is 0 Å². The van der Waals surface area contributed by atoms with Crippen LogP contribution in [0.2, 0.25) is 10.0 Å². The normalized spacial score (nSPS) is 20.6. The van der Waals surface area contributed by atoms with Gasteiger partial charge in [-0.2, -0.15) is 0 Å². The van der Waals surface area contributed by atoms with E-state index >= 15 is 4.39 Å². The fraction of sp³-hybridized carbons (Fsp3) is 0.536. The van der Waals surface area contributed by atoms with E-state index in [1.807, 2.05) is 12.1 Å². The second kappa shape index (κ2) is 10.4. The zero-order valence-electron chi connectivity index (χ0n) is 21.2. The van der Waals surface area contributed by atoms with Crippen molar-refractivity contribution in [1.29, 1.82) is 0 Å². The van der Waals surface area contributed by atoms with Crippen LogP contribution in [0, 0.1) is 5.82 Å². The van der Waals surface area contributed by atoms with Crippen LogP contribution in [0.15, 0.2) is 30.3 Å². The molecule has 4 nitrogen and oxygen atoms in total. The molecule has 0 aromatic heterocycles. The number of carbonyl (C=O) groups excluding carboxylic acids is 1. The molecular weight excluding hydrogens is 486 g/mol. The van der Waals surface area contributed by atoms with Gasteiger partial charge in [-0.05, 0) is 100 Å². The summed E-state index contributed by atoms with van der Waals surface area (Å²) in [6, 6.07) is 9.51. The summed E-state index contributed by atoms with van der Waals surface area (Å²) in [5, 5.41) is 1.30. The standard InChI is InChI=1S/C28H35Cl2FN2O2/c1-17-15-32(8-9-33(17)18(2)20-10-22(29)13-23(30)11-20)16-21-12-26(31)25(14-24(21)19-6-7-19)27(34)35-28(3,4)5/h10-14,17-19H,6-9,15-16H2,1-5H3/t17-,18?/m1/s1. The number of hydrogen-bond acceptors (Lipinski definition) is 4. The average molecular weight is 522 g/mol. The summed E-state index contributed by atoms with van der Waals surface area (Å²) in [6.45, 7) is 13.1. The van der Waals surface area contributed by atoms with Gasteiger partial charge in [-0.1, -0.05) is 23.2 Å². The van der Waals surface area contributed by atoms with Gasteiger partial charge in [0.05, 0.1) is 5.56 Å². The second-order valence-corrected chi connectivity index (χ2v) is 11.9. The Labute approximate surface area is 218 Å². The number of piperazine rings is 1. The van der Waals surface area contributed by atoms with Crippen LogP contribution in [-0.4, -0.2) is 47.0 Å². The molecule has 7 heteroatoms. The van der Waals surface area contributed by atoms with Gasteiger partial charge in [-0.3, -0.25) is 9.80 Å². The first kappa shape index (κ1) is 26.4. The molecule has 4 rings (SSSR count). The number of nitrogens with zero attached hydrogens (tertiary/aromatic N) is 2. The first-order valence-electron chi connectivity index (χ1n) is 12.4. The zero-order valence-corrected chi connectivity index (χ0v) is 22.7. The summed E-state index contributed by atoms with van der Waals surface area (Å²) in [6.07, 6.45) is 2.16. The van der Waals surface area contributed by atoms with Crippen LogP contribution in [0.3, 0.4) is 0 Å². The van der Waals surface area contributed by atoms with E-state index in [9.17, 15) is 4.79 Å². The highest BCUT2D eigenvalue weighted by molar-refractivity contribution is 6.34. The smallest absolute Gasteiger partial charge is 0.341 e. The maximum atomic E-state index is 15.0. The number of esters is 1. The molecule has 0 radical (unpaired) electrons. The average Bonchev–Trinajstić information content (AvgIpc) is 3.57. The van der Waals surface area contributed by atoms with E-state index in [1.165, 1.54) is 0 Å². The Bertz CT molecular complexity index is 1080. The van der Waals surface area contributed by atoms with Crippen LogP contribution in [0.5, 0.6) is 0 Å². The lowest BCUT2D eigenvalue weighted by Crippen LogP contribution is -2.52. The number of carbonyl (C=O) groups is 1. The van der Waals surface area contributed by atoms with Crippen LogP contribution in [0.4, 0.5) is 4.39 Å². The van der Waals surface area contributed by atoms with E-state index in [0.717, 1.165) is 49.2 Å². The largest absolute Gasteiger partial charge is 0.456 e. The first-order valence-corrected chi connectivity index (χ1v) is 13.2. The third kappa shape index (κ3) is 6.56. The quantitative estimate of drug-likeness (QED) is 0.376. The molecule has 0 bridgehead atoms. The Balaban J connectivity index is 1.47. The molecule has 1 saturated heterocycles. The molecule has 1 saturated carbocycles. The van der Waals surface area contributed by atoms with E-state index in [0.29, 0.717) is 28.5 Å². The molecule has 0 spiro atoms. The van der Waals surface area contributed by atoms with Gasteiger partial charge in [-0.15, -0.1) is 0 Å². The van der Waals surface area contributed by atoms with Crippen molar-refractivity contribution in [2.75, 3.05) is 19.6 Å². The lowest BCUT2D eigenvalue weighted by atomic mass is 9.98. The molecule has 35 heavy (non-hydrogen) atoms. The predicted octanol–water partition coefficient (Wildman–Crippen LogP) is 7.23. The predicted molar refractivity (Wildman–Crippen MR) is 140 cm³/mol. The topological polar surface area (TPSA) is 32.8 Å². The Morgan fingerprint density at radius 2 is 1.77 bits per heavy atom. The highest BCUT2D eigenvalue weighted by Gasteiger charge is 2.32. The van der Waals surface area contributed by atoms with Crippen LogP contribution >= 0.6 is 23.2 Å². The third-order valence-electron chi connectivity index (χ3n) is 6.89. The number of benzene rings is 2. The lowest BCUT2D eigenvalue weighted by Gasteiger charge is -2.43. The Morgan fingerprint density at radius 1 is 1.11 bits per heavy atom. The fourth-order valence-electron chi connectivity index (χ4n) is 5.05. The van der Waals surface area contributed by atoms with Gasteiger partial charge in [-0.25, -0.2) is 9.18 Å². The van der Waals surface area contributed by atoms with E-state index < -0.39 is 17.4 Å². The Kier molecular flexibility index (Phi) is 7.82. The summed E-state index contributed by atoms with van der Waals surface area (Å²) in [4.78, 5) is 17.4. The van der Waals surface area contributed by atoms with Crippen molar-refractivity contribution in [3.05, 3.63) is 68.4 Å². The molecule has 2 aromatic carbocycles. The summed E-state index contributed by atoms with van der Waals surface area (Å²) in [7, 11) is 0. The summed E-state index contributed by atoms with van der Waals surface area (Å²) < 4.78 is 20.5. The van der Waals surface area contributed by atoms with Crippen LogP contribution in [0.25, 0.3) is 0 Å². The highest BCUT2D eigenvalue weighted by Crippen LogP contribution is 2.43. The van der Waals surface area contributed by atoms with Crippen LogP contribution in [-0.2, 0) is 11.3 Å². The molecule has 2 aromatic rings. The minimum atomic E-state index is -0.661. The fourth-order valence-corrected chi connectivity index (χ4v) is 5.59.